The highest BCUT2D eigenvalue weighted by molar-refractivity contribution is 6.09. The number of nitrogens with zero attached hydrogens (tertiary/aromatic N) is 3. The van der Waals surface area contributed by atoms with Crippen LogP contribution in [-0.4, -0.2) is 20.7 Å². The molecule has 0 bridgehead atoms. The fourth-order valence-electron chi connectivity index (χ4n) is 2.36. The summed E-state index contributed by atoms with van der Waals surface area (Å²) in [6.07, 6.45) is 0. The Hall–Kier alpha value is -3.72. The smallest absolute Gasteiger partial charge is 0.293 e. The Bertz CT molecular complexity index is 1050. The number of aromatic hydroxyl groups is 1. The first kappa shape index (κ1) is 16.1. The second-order valence-electron chi connectivity index (χ2n) is 5.43. The number of rotatable bonds is 3. The van der Waals surface area contributed by atoms with Crippen LogP contribution in [0.4, 0.5) is 0 Å². The second-order valence-corrected chi connectivity index (χ2v) is 5.43. The van der Waals surface area contributed by atoms with Crippen LogP contribution in [0, 0.1) is 18.3 Å². The number of nitriles is 1. The van der Waals surface area contributed by atoms with Crippen molar-refractivity contribution < 1.29 is 9.90 Å². The SMILES string of the molecule is Cc1ccc(-n2nc(C(=O)c3ccccc3)c(O)c(C#N)c2=O)cc1. The Morgan fingerprint density at radius 1 is 1.12 bits per heavy atom. The fraction of sp³-hybridized carbons (Fsp3) is 0.0526. The molecule has 1 aromatic heterocycles. The summed E-state index contributed by atoms with van der Waals surface area (Å²) in [6, 6.07) is 16.7. The highest BCUT2D eigenvalue weighted by Crippen LogP contribution is 2.21. The molecule has 1 N–H and O–H groups in total. The minimum Gasteiger partial charge on any atom is -0.504 e. The Morgan fingerprint density at radius 2 is 1.76 bits per heavy atom. The molecule has 0 radical (unpaired) electrons. The van der Waals surface area contributed by atoms with E-state index in [9.17, 15) is 20.0 Å². The number of carbonyl (C=O) groups is 1. The molecule has 0 amide bonds. The first-order valence-corrected chi connectivity index (χ1v) is 7.46. The van der Waals surface area contributed by atoms with Gasteiger partial charge in [-0.3, -0.25) is 9.59 Å². The highest BCUT2D eigenvalue weighted by Gasteiger charge is 2.23. The zero-order valence-electron chi connectivity index (χ0n) is 13.3. The van der Waals surface area contributed by atoms with Gasteiger partial charge in [0.25, 0.3) is 5.56 Å². The van der Waals surface area contributed by atoms with E-state index in [2.05, 4.69) is 5.10 Å². The van der Waals surface area contributed by atoms with Gasteiger partial charge in [0, 0.05) is 5.56 Å². The Morgan fingerprint density at radius 3 is 2.36 bits per heavy atom. The molecule has 0 aliphatic rings. The molecule has 0 atom stereocenters. The summed E-state index contributed by atoms with van der Waals surface area (Å²) in [5, 5.41) is 23.4. The number of aromatic nitrogens is 2. The van der Waals surface area contributed by atoms with E-state index in [1.165, 1.54) is 0 Å². The maximum atomic E-state index is 12.6. The van der Waals surface area contributed by atoms with E-state index >= 15 is 0 Å². The van der Waals surface area contributed by atoms with Crippen LogP contribution in [0.15, 0.2) is 59.4 Å². The summed E-state index contributed by atoms with van der Waals surface area (Å²) < 4.78 is 0.952. The number of benzene rings is 2. The van der Waals surface area contributed by atoms with Crippen molar-refractivity contribution in [3.63, 3.8) is 0 Å². The van der Waals surface area contributed by atoms with Crippen LogP contribution in [0.2, 0.25) is 0 Å². The minimum absolute atomic E-state index is 0.295. The van der Waals surface area contributed by atoms with Gasteiger partial charge in [-0.1, -0.05) is 48.0 Å². The van der Waals surface area contributed by atoms with Crippen LogP contribution in [0.5, 0.6) is 5.75 Å². The molecule has 0 aliphatic heterocycles. The van der Waals surface area contributed by atoms with Crippen molar-refractivity contribution >= 4 is 5.78 Å². The van der Waals surface area contributed by atoms with Gasteiger partial charge in [-0.05, 0) is 19.1 Å². The average molecular weight is 331 g/mol. The molecule has 25 heavy (non-hydrogen) atoms. The van der Waals surface area contributed by atoms with Crippen molar-refractivity contribution in [1.82, 2.24) is 9.78 Å². The Balaban J connectivity index is 2.25. The van der Waals surface area contributed by atoms with Crippen molar-refractivity contribution in [2.45, 2.75) is 6.92 Å². The average Bonchev–Trinajstić information content (AvgIpc) is 2.63. The Kier molecular flexibility index (Phi) is 4.14. The van der Waals surface area contributed by atoms with Gasteiger partial charge in [0.2, 0.25) is 5.78 Å². The van der Waals surface area contributed by atoms with Crippen LogP contribution in [0.25, 0.3) is 5.69 Å². The van der Waals surface area contributed by atoms with Crippen molar-refractivity contribution in [2.75, 3.05) is 0 Å². The predicted molar refractivity (Wildman–Crippen MR) is 90.8 cm³/mol. The largest absolute Gasteiger partial charge is 0.504 e. The van der Waals surface area contributed by atoms with E-state index in [0.29, 0.717) is 11.3 Å². The van der Waals surface area contributed by atoms with Crippen LogP contribution in [0.1, 0.15) is 27.2 Å². The summed E-state index contributed by atoms with van der Waals surface area (Å²) in [5.41, 5.74) is 0.0282. The molecule has 122 valence electrons. The number of hydrogen-bond donors (Lipinski definition) is 1. The van der Waals surface area contributed by atoms with Gasteiger partial charge in [0.1, 0.15) is 6.07 Å². The standard InChI is InChI=1S/C19H13N3O3/c1-12-7-9-14(10-8-12)22-19(25)15(11-20)18(24)16(21-22)17(23)13-5-3-2-4-6-13/h2-10,24H,1H3. The van der Waals surface area contributed by atoms with E-state index in [0.717, 1.165) is 10.2 Å². The quantitative estimate of drug-likeness (QED) is 0.743. The number of ketones is 1. The van der Waals surface area contributed by atoms with Gasteiger partial charge in [-0.2, -0.15) is 15.0 Å². The maximum absolute atomic E-state index is 12.6. The van der Waals surface area contributed by atoms with Crippen LogP contribution >= 0.6 is 0 Å². The first-order chi connectivity index (χ1) is 12.0. The molecule has 0 unspecified atom stereocenters. The zero-order valence-corrected chi connectivity index (χ0v) is 13.3. The third-order valence-electron chi connectivity index (χ3n) is 3.71. The summed E-state index contributed by atoms with van der Waals surface area (Å²) in [5.74, 6) is -1.28. The summed E-state index contributed by atoms with van der Waals surface area (Å²) in [7, 11) is 0. The molecule has 6 nitrogen and oxygen atoms in total. The summed E-state index contributed by atoms with van der Waals surface area (Å²) >= 11 is 0. The molecule has 3 aromatic rings. The van der Waals surface area contributed by atoms with E-state index in [1.54, 1.807) is 60.7 Å². The molecule has 0 saturated carbocycles. The molecule has 2 aromatic carbocycles. The lowest BCUT2D eigenvalue weighted by atomic mass is 10.1. The normalized spacial score (nSPS) is 10.2. The second kappa shape index (κ2) is 6.42. The van der Waals surface area contributed by atoms with Crippen LogP contribution in [-0.2, 0) is 0 Å². The van der Waals surface area contributed by atoms with Gasteiger partial charge in [0.05, 0.1) is 5.69 Å². The van der Waals surface area contributed by atoms with Crippen molar-refractivity contribution in [1.29, 1.82) is 5.26 Å². The first-order valence-electron chi connectivity index (χ1n) is 7.46. The molecule has 6 heteroatoms. The topological polar surface area (TPSA) is 96.0 Å². The number of aryl methyl sites for hydroxylation is 1. The van der Waals surface area contributed by atoms with Gasteiger partial charge in [-0.25, -0.2) is 0 Å². The molecule has 0 aliphatic carbocycles. The van der Waals surface area contributed by atoms with Crippen molar-refractivity contribution in [2.24, 2.45) is 0 Å². The molecular weight excluding hydrogens is 318 g/mol. The van der Waals surface area contributed by atoms with E-state index in [-0.39, 0.29) is 5.69 Å². The lowest BCUT2D eigenvalue weighted by Crippen LogP contribution is -2.26. The van der Waals surface area contributed by atoms with Crippen LogP contribution in [0.3, 0.4) is 0 Å². The Labute approximate surface area is 143 Å². The van der Waals surface area contributed by atoms with Gasteiger partial charge < -0.3 is 5.11 Å². The lowest BCUT2D eigenvalue weighted by molar-refractivity contribution is 0.102. The molecule has 0 saturated heterocycles. The van der Waals surface area contributed by atoms with Crippen LogP contribution < -0.4 is 5.56 Å². The number of hydrogen-bond acceptors (Lipinski definition) is 5. The molecule has 1 heterocycles. The summed E-state index contributed by atoms with van der Waals surface area (Å²) in [4.78, 5) is 25.1. The van der Waals surface area contributed by atoms with E-state index in [4.69, 9.17) is 0 Å². The van der Waals surface area contributed by atoms with Gasteiger partial charge >= 0.3 is 0 Å². The third-order valence-corrected chi connectivity index (χ3v) is 3.71. The zero-order chi connectivity index (χ0) is 18.0. The van der Waals surface area contributed by atoms with Gasteiger partial charge in [-0.15, -0.1) is 0 Å². The molecular formula is C19H13N3O3. The van der Waals surface area contributed by atoms with Crippen molar-refractivity contribution in [3.05, 3.63) is 87.3 Å². The predicted octanol–water partition coefficient (Wildman–Crippen LogP) is 2.35. The van der Waals surface area contributed by atoms with E-state index in [1.807, 2.05) is 6.92 Å². The van der Waals surface area contributed by atoms with E-state index < -0.39 is 22.7 Å². The van der Waals surface area contributed by atoms with Gasteiger partial charge in [0.15, 0.2) is 17.0 Å². The highest BCUT2D eigenvalue weighted by atomic mass is 16.3. The lowest BCUT2D eigenvalue weighted by Gasteiger charge is -2.10. The monoisotopic (exact) mass is 331 g/mol. The third kappa shape index (κ3) is 2.91. The maximum Gasteiger partial charge on any atom is 0.293 e. The molecule has 0 spiro atoms. The minimum atomic E-state index is -0.784. The fourth-order valence-corrected chi connectivity index (χ4v) is 2.36. The number of carbonyl (C=O) groups excluding carboxylic acids is 1. The molecule has 0 fully saturated rings. The summed E-state index contributed by atoms with van der Waals surface area (Å²) in [6.45, 7) is 1.89. The van der Waals surface area contributed by atoms with Crippen molar-refractivity contribution in [3.8, 4) is 17.5 Å². The molecule has 3 rings (SSSR count).